The van der Waals surface area contributed by atoms with E-state index in [0.29, 0.717) is 10.6 Å². The Morgan fingerprint density at radius 1 is 1.38 bits per heavy atom. The number of nitrogens with two attached hydrogens (primary N) is 1. The smallest absolute Gasteiger partial charge is 0.395 e. The molecule has 1 aromatic rings. The molecule has 8 heteroatoms. The summed E-state index contributed by atoms with van der Waals surface area (Å²) >= 11 is 0. The summed E-state index contributed by atoms with van der Waals surface area (Å²) in [5.41, 5.74) is 6.87. The van der Waals surface area contributed by atoms with Gasteiger partial charge in [0.15, 0.2) is 0 Å². The first-order chi connectivity index (χ1) is 9.73. The molecule has 1 aromatic carbocycles. The standard InChI is InChI=1S/C13H18F3N3O2/c1-9(17)10-2-4-11(5-3-10)18-12(21)19(6-7-20)8-13(14,15)16/h2-5,9,20H,6-8,17H2,1H3,(H,18,21). The fourth-order valence-electron chi connectivity index (χ4n) is 1.66. The molecule has 0 saturated carbocycles. The van der Waals surface area contributed by atoms with Crippen LogP contribution in [-0.2, 0) is 0 Å². The number of rotatable bonds is 5. The van der Waals surface area contributed by atoms with Crippen LogP contribution in [0, 0.1) is 0 Å². The lowest BCUT2D eigenvalue weighted by Gasteiger charge is -2.23. The predicted molar refractivity (Wildman–Crippen MR) is 72.8 cm³/mol. The van der Waals surface area contributed by atoms with Gasteiger partial charge < -0.3 is 21.1 Å². The van der Waals surface area contributed by atoms with Crippen molar-refractivity contribution in [3.63, 3.8) is 0 Å². The van der Waals surface area contributed by atoms with Crippen molar-refractivity contribution in [2.45, 2.75) is 19.1 Å². The normalized spacial score (nSPS) is 12.9. The van der Waals surface area contributed by atoms with Gasteiger partial charge in [0.1, 0.15) is 6.54 Å². The van der Waals surface area contributed by atoms with Gasteiger partial charge in [-0.3, -0.25) is 0 Å². The van der Waals surface area contributed by atoms with Gasteiger partial charge in [0, 0.05) is 18.3 Å². The van der Waals surface area contributed by atoms with Crippen LogP contribution in [0.3, 0.4) is 0 Å². The van der Waals surface area contributed by atoms with E-state index < -0.39 is 31.9 Å². The first-order valence-corrected chi connectivity index (χ1v) is 6.32. The number of carbonyl (C=O) groups excluding carboxylic acids is 1. The number of nitrogens with zero attached hydrogens (tertiary/aromatic N) is 1. The average molecular weight is 305 g/mol. The molecular weight excluding hydrogens is 287 g/mol. The fourth-order valence-corrected chi connectivity index (χ4v) is 1.66. The van der Waals surface area contributed by atoms with E-state index in [1.54, 1.807) is 31.2 Å². The molecule has 118 valence electrons. The number of hydrogen-bond acceptors (Lipinski definition) is 3. The van der Waals surface area contributed by atoms with Gasteiger partial charge >= 0.3 is 12.2 Å². The summed E-state index contributed by atoms with van der Waals surface area (Å²) in [5, 5.41) is 11.1. The molecule has 5 nitrogen and oxygen atoms in total. The highest BCUT2D eigenvalue weighted by Crippen LogP contribution is 2.18. The van der Waals surface area contributed by atoms with Crippen molar-refractivity contribution >= 4 is 11.7 Å². The van der Waals surface area contributed by atoms with E-state index in [2.05, 4.69) is 5.32 Å². The number of aliphatic hydroxyl groups is 1. The Morgan fingerprint density at radius 2 is 1.95 bits per heavy atom. The third kappa shape index (κ3) is 6.01. The topological polar surface area (TPSA) is 78.6 Å². The summed E-state index contributed by atoms with van der Waals surface area (Å²) < 4.78 is 37.1. The van der Waals surface area contributed by atoms with Crippen LogP contribution in [0.15, 0.2) is 24.3 Å². The second-order valence-electron chi connectivity index (χ2n) is 4.60. The maximum absolute atomic E-state index is 12.4. The molecule has 0 aliphatic heterocycles. The SMILES string of the molecule is CC(N)c1ccc(NC(=O)N(CCO)CC(F)(F)F)cc1. The Morgan fingerprint density at radius 3 is 2.38 bits per heavy atom. The van der Waals surface area contributed by atoms with Crippen molar-refractivity contribution in [2.24, 2.45) is 5.73 Å². The zero-order valence-corrected chi connectivity index (χ0v) is 11.5. The molecule has 0 bridgehead atoms. The van der Waals surface area contributed by atoms with Crippen LogP contribution in [0.25, 0.3) is 0 Å². The van der Waals surface area contributed by atoms with Crippen molar-refractivity contribution in [1.29, 1.82) is 0 Å². The van der Waals surface area contributed by atoms with Crippen molar-refractivity contribution in [1.82, 2.24) is 4.90 Å². The first-order valence-electron chi connectivity index (χ1n) is 6.32. The summed E-state index contributed by atoms with van der Waals surface area (Å²) in [5.74, 6) is 0. The summed E-state index contributed by atoms with van der Waals surface area (Å²) in [4.78, 5) is 12.3. The van der Waals surface area contributed by atoms with Crippen LogP contribution in [0.5, 0.6) is 0 Å². The van der Waals surface area contributed by atoms with Crippen molar-refractivity contribution < 1.29 is 23.1 Å². The van der Waals surface area contributed by atoms with Gasteiger partial charge in [-0.1, -0.05) is 12.1 Å². The molecule has 1 rings (SSSR count). The number of amides is 2. The van der Waals surface area contributed by atoms with Gasteiger partial charge in [0.05, 0.1) is 6.61 Å². The maximum Gasteiger partial charge on any atom is 0.406 e. The zero-order valence-electron chi connectivity index (χ0n) is 11.5. The van der Waals surface area contributed by atoms with Crippen LogP contribution in [0.1, 0.15) is 18.5 Å². The second kappa shape index (κ2) is 7.28. The number of anilines is 1. The fraction of sp³-hybridized carbons (Fsp3) is 0.462. The molecule has 0 heterocycles. The molecule has 0 radical (unpaired) electrons. The lowest BCUT2D eigenvalue weighted by Crippen LogP contribution is -2.43. The van der Waals surface area contributed by atoms with Crippen LogP contribution < -0.4 is 11.1 Å². The molecule has 4 N–H and O–H groups in total. The highest BCUT2D eigenvalue weighted by atomic mass is 19.4. The van der Waals surface area contributed by atoms with E-state index in [-0.39, 0.29) is 6.04 Å². The molecule has 0 aliphatic carbocycles. The number of aliphatic hydroxyl groups excluding tert-OH is 1. The van der Waals surface area contributed by atoms with Crippen molar-refractivity contribution in [3.05, 3.63) is 29.8 Å². The number of urea groups is 1. The maximum atomic E-state index is 12.4. The van der Waals surface area contributed by atoms with Crippen LogP contribution in [0.2, 0.25) is 0 Å². The lowest BCUT2D eigenvalue weighted by molar-refractivity contribution is -0.140. The van der Waals surface area contributed by atoms with Gasteiger partial charge in [-0.05, 0) is 24.6 Å². The Kier molecular flexibility index (Phi) is 5.98. The summed E-state index contributed by atoms with van der Waals surface area (Å²) in [6, 6.07) is 5.38. The molecule has 0 fully saturated rings. The van der Waals surface area contributed by atoms with Gasteiger partial charge in [0.2, 0.25) is 0 Å². The van der Waals surface area contributed by atoms with Gasteiger partial charge in [-0.25, -0.2) is 4.79 Å². The van der Waals surface area contributed by atoms with E-state index in [0.717, 1.165) is 5.56 Å². The minimum absolute atomic E-state index is 0.175. The number of alkyl halides is 3. The Hall–Kier alpha value is -1.80. The molecule has 1 atom stereocenters. The van der Waals surface area contributed by atoms with Crippen LogP contribution in [0.4, 0.5) is 23.7 Å². The molecule has 0 spiro atoms. The highest BCUT2D eigenvalue weighted by Gasteiger charge is 2.32. The number of nitrogens with one attached hydrogen (secondary N) is 1. The van der Waals surface area contributed by atoms with Crippen molar-refractivity contribution in [2.75, 3.05) is 25.0 Å². The van der Waals surface area contributed by atoms with E-state index in [1.807, 2.05) is 0 Å². The molecule has 0 aliphatic rings. The van der Waals surface area contributed by atoms with Crippen molar-refractivity contribution in [3.8, 4) is 0 Å². The lowest BCUT2D eigenvalue weighted by atomic mass is 10.1. The predicted octanol–water partition coefficient (Wildman–Crippen LogP) is 2.09. The van der Waals surface area contributed by atoms with E-state index in [4.69, 9.17) is 10.8 Å². The van der Waals surface area contributed by atoms with Crippen LogP contribution >= 0.6 is 0 Å². The van der Waals surface area contributed by atoms with E-state index in [9.17, 15) is 18.0 Å². The minimum Gasteiger partial charge on any atom is -0.395 e. The Balaban J connectivity index is 2.72. The van der Waals surface area contributed by atoms with Gasteiger partial charge in [-0.15, -0.1) is 0 Å². The number of carbonyl (C=O) groups is 1. The molecule has 21 heavy (non-hydrogen) atoms. The van der Waals surface area contributed by atoms with E-state index >= 15 is 0 Å². The summed E-state index contributed by atoms with van der Waals surface area (Å²) in [6.07, 6.45) is -4.52. The first kappa shape index (κ1) is 17.3. The van der Waals surface area contributed by atoms with Crippen LogP contribution in [-0.4, -0.2) is 41.9 Å². The monoisotopic (exact) mass is 305 g/mol. The number of benzene rings is 1. The Labute approximate surface area is 120 Å². The Bertz CT molecular complexity index is 461. The second-order valence-corrected chi connectivity index (χ2v) is 4.60. The third-order valence-electron chi connectivity index (χ3n) is 2.72. The molecule has 0 saturated heterocycles. The van der Waals surface area contributed by atoms with Gasteiger partial charge in [-0.2, -0.15) is 13.2 Å². The number of hydrogen-bond donors (Lipinski definition) is 3. The molecule has 0 aromatic heterocycles. The third-order valence-corrected chi connectivity index (χ3v) is 2.72. The van der Waals surface area contributed by atoms with E-state index in [1.165, 1.54) is 0 Å². The average Bonchev–Trinajstić information content (AvgIpc) is 2.37. The molecular formula is C13H18F3N3O2. The quantitative estimate of drug-likeness (QED) is 0.779. The minimum atomic E-state index is -4.52. The summed E-state index contributed by atoms with van der Waals surface area (Å²) in [7, 11) is 0. The largest absolute Gasteiger partial charge is 0.406 e. The zero-order chi connectivity index (χ0) is 16.0. The highest BCUT2D eigenvalue weighted by molar-refractivity contribution is 5.89. The molecule has 1 unspecified atom stereocenters. The van der Waals surface area contributed by atoms with Gasteiger partial charge in [0.25, 0.3) is 0 Å². The summed E-state index contributed by atoms with van der Waals surface area (Å²) in [6.45, 7) is -0.576. The molecule has 2 amide bonds. The number of halogens is 3.